The average molecular weight is 264 g/mol. The van der Waals surface area contributed by atoms with Crippen LogP contribution in [0.1, 0.15) is 26.2 Å². The molecule has 2 saturated carbocycles. The fourth-order valence-electron chi connectivity index (χ4n) is 4.13. The smallest absolute Gasteiger partial charge is 0.334 e. The Morgan fingerprint density at radius 1 is 1.42 bits per heavy atom. The van der Waals surface area contributed by atoms with Crippen molar-refractivity contribution in [1.29, 1.82) is 0 Å². The van der Waals surface area contributed by atoms with Crippen LogP contribution in [0.4, 0.5) is 0 Å². The number of hydrogen-bond acceptors (Lipinski definition) is 4. The van der Waals surface area contributed by atoms with Crippen LogP contribution >= 0.6 is 0 Å². The standard InChI is InChI=1S/C15H20O4/c1-7-4-12-9(8(2)14(17)19-12)5-10-13(7)11(16)6-15(10,3)18/h9-13,16,18H,1-2,4-6H2,3H3/t9-,10-,11+,12-,13-,15-/m1/s1. The molecule has 3 rings (SSSR count). The van der Waals surface area contributed by atoms with Crippen molar-refractivity contribution in [3.8, 4) is 0 Å². The van der Waals surface area contributed by atoms with Crippen LogP contribution in [-0.2, 0) is 9.53 Å². The van der Waals surface area contributed by atoms with Crippen molar-refractivity contribution >= 4 is 5.97 Å². The largest absolute Gasteiger partial charge is 0.458 e. The first-order valence-electron chi connectivity index (χ1n) is 6.79. The minimum absolute atomic E-state index is 0.0592. The number of ether oxygens (including phenoxy) is 1. The number of hydrogen-bond donors (Lipinski definition) is 2. The van der Waals surface area contributed by atoms with Gasteiger partial charge >= 0.3 is 5.97 Å². The summed E-state index contributed by atoms with van der Waals surface area (Å²) >= 11 is 0. The lowest BCUT2D eigenvalue weighted by Crippen LogP contribution is -2.33. The summed E-state index contributed by atoms with van der Waals surface area (Å²) in [5, 5.41) is 20.7. The van der Waals surface area contributed by atoms with Crippen molar-refractivity contribution in [1.82, 2.24) is 0 Å². The molecule has 2 N–H and O–H groups in total. The molecule has 1 heterocycles. The monoisotopic (exact) mass is 264 g/mol. The highest BCUT2D eigenvalue weighted by Gasteiger charge is 2.55. The molecule has 0 bridgehead atoms. The van der Waals surface area contributed by atoms with E-state index >= 15 is 0 Å². The van der Waals surface area contributed by atoms with Crippen molar-refractivity contribution in [3.63, 3.8) is 0 Å². The van der Waals surface area contributed by atoms with Crippen LogP contribution in [0.15, 0.2) is 24.3 Å². The number of rotatable bonds is 0. The van der Waals surface area contributed by atoms with E-state index in [0.29, 0.717) is 24.8 Å². The molecule has 0 unspecified atom stereocenters. The highest BCUT2D eigenvalue weighted by Crippen LogP contribution is 2.52. The topological polar surface area (TPSA) is 66.8 Å². The third-order valence-corrected chi connectivity index (χ3v) is 5.13. The summed E-state index contributed by atoms with van der Waals surface area (Å²) < 4.78 is 5.33. The van der Waals surface area contributed by atoms with Crippen LogP contribution in [-0.4, -0.2) is 34.0 Å². The fourth-order valence-corrected chi connectivity index (χ4v) is 4.13. The normalized spacial score (nSPS) is 49.6. The third kappa shape index (κ3) is 1.77. The van der Waals surface area contributed by atoms with Crippen LogP contribution in [0.25, 0.3) is 0 Å². The van der Waals surface area contributed by atoms with Gasteiger partial charge in [-0.05, 0) is 19.3 Å². The van der Waals surface area contributed by atoms with Crippen LogP contribution < -0.4 is 0 Å². The number of aliphatic hydroxyl groups excluding tert-OH is 1. The molecule has 0 radical (unpaired) electrons. The number of carbonyl (C=O) groups excluding carboxylic acids is 1. The minimum Gasteiger partial charge on any atom is -0.458 e. The van der Waals surface area contributed by atoms with Gasteiger partial charge in [0, 0.05) is 30.3 Å². The molecule has 0 aromatic heterocycles. The van der Waals surface area contributed by atoms with Crippen LogP contribution in [0, 0.1) is 17.8 Å². The van der Waals surface area contributed by atoms with E-state index in [1.165, 1.54) is 0 Å². The third-order valence-electron chi connectivity index (χ3n) is 5.13. The Bertz CT molecular complexity index is 465. The Morgan fingerprint density at radius 3 is 2.79 bits per heavy atom. The molecular formula is C15H20O4. The molecule has 3 aliphatic rings. The highest BCUT2D eigenvalue weighted by atomic mass is 16.6. The Balaban J connectivity index is 1.97. The van der Waals surface area contributed by atoms with Crippen LogP contribution in [0.3, 0.4) is 0 Å². The molecule has 1 aliphatic heterocycles. The summed E-state index contributed by atoms with van der Waals surface area (Å²) in [5.41, 5.74) is 0.453. The van der Waals surface area contributed by atoms with Crippen LogP contribution in [0.2, 0.25) is 0 Å². The van der Waals surface area contributed by atoms with E-state index in [9.17, 15) is 15.0 Å². The van der Waals surface area contributed by atoms with Gasteiger partial charge in [0.15, 0.2) is 0 Å². The van der Waals surface area contributed by atoms with Gasteiger partial charge in [-0.2, -0.15) is 0 Å². The molecule has 0 amide bonds. The van der Waals surface area contributed by atoms with Crippen molar-refractivity contribution in [3.05, 3.63) is 24.3 Å². The quantitative estimate of drug-likeness (QED) is 0.392. The van der Waals surface area contributed by atoms with Crippen molar-refractivity contribution < 1.29 is 19.7 Å². The molecule has 0 spiro atoms. The summed E-state index contributed by atoms with van der Waals surface area (Å²) in [6.45, 7) is 9.63. The lowest BCUT2D eigenvalue weighted by atomic mass is 9.78. The molecule has 104 valence electrons. The minimum atomic E-state index is -0.923. The van der Waals surface area contributed by atoms with Gasteiger partial charge in [0.25, 0.3) is 0 Å². The Labute approximate surface area is 112 Å². The van der Waals surface area contributed by atoms with E-state index in [4.69, 9.17) is 4.74 Å². The van der Waals surface area contributed by atoms with E-state index in [-0.39, 0.29) is 29.8 Å². The van der Waals surface area contributed by atoms with Crippen molar-refractivity contribution in [2.24, 2.45) is 17.8 Å². The lowest BCUT2D eigenvalue weighted by Gasteiger charge is -2.29. The zero-order valence-electron chi connectivity index (χ0n) is 11.1. The maximum atomic E-state index is 11.6. The van der Waals surface area contributed by atoms with Crippen molar-refractivity contribution in [2.45, 2.75) is 44.0 Å². The molecular weight excluding hydrogens is 244 g/mol. The molecule has 4 nitrogen and oxygen atoms in total. The summed E-state index contributed by atoms with van der Waals surface area (Å²) in [4.78, 5) is 11.6. The lowest BCUT2D eigenvalue weighted by molar-refractivity contribution is -0.139. The fraction of sp³-hybridized carbons (Fsp3) is 0.667. The molecule has 1 saturated heterocycles. The molecule has 0 aromatic carbocycles. The SMILES string of the molecule is C=C1C[C@H]2OC(=O)C(=C)[C@H]2C[C@@H]2[C@@H]1[C@@H](O)C[C@@]2(C)O. The summed E-state index contributed by atoms with van der Waals surface area (Å²) in [5.74, 6) is -0.584. The first-order valence-corrected chi connectivity index (χ1v) is 6.79. The first-order chi connectivity index (χ1) is 8.81. The maximum absolute atomic E-state index is 11.6. The second-order valence-corrected chi connectivity index (χ2v) is 6.43. The van der Waals surface area contributed by atoms with E-state index in [1.807, 2.05) is 0 Å². The molecule has 2 aliphatic carbocycles. The van der Waals surface area contributed by atoms with E-state index in [1.54, 1.807) is 6.92 Å². The van der Waals surface area contributed by atoms with E-state index < -0.39 is 11.7 Å². The van der Waals surface area contributed by atoms with Crippen molar-refractivity contribution in [2.75, 3.05) is 0 Å². The predicted octanol–water partition coefficient (Wildman–Crippen LogP) is 1.18. The Morgan fingerprint density at radius 2 is 2.11 bits per heavy atom. The summed E-state index contributed by atoms with van der Waals surface area (Å²) in [6.07, 6.45) is 0.767. The molecule has 6 atom stereocenters. The molecule has 19 heavy (non-hydrogen) atoms. The van der Waals surface area contributed by atoms with Gasteiger partial charge in [-0.3, -0.25) is 0 Å². The maximum Gasteiger partial charge on any atom is 0.334 e. The van der Waals surface area contributed by atoms with Gasteiger partial charge in [0.2, 0.25) is 0 Å². The zero-order valence-corrected chi connectivity index (χ0v) is 11.1. The van der Waals surface area contributed by atoms with Gasteiger partial charge in [-0.25, -0.2) is 4.79 Å². The number of aliphatic hydroxyl groups is 2. The number of esters is 1. The number of fused-ring (bicyclic) bond motifs is 2. The van der Waals surface area contributed by atoms with Gasteiger partial charge in [0.05, 0.1) is 11.7 Å². The highest BCUT2D eigenvalue weighted by molar-refractivity contribution is 5.90. The summed E-state index contributed by atoms with van der Waals surface area (Å²) in [7, 11) is 0. The summed E-state index contributed by atoms with van der Waals surface area (Å²) in [6, 6.07) is 0. The molecule has 4 heteroatoms. The predicted molar refractivity (Wildman–Crippen MR) is 69.1 cm³/mol. The van der Waals surface area contributed by atoms with Gasteiger partial charge in [-0.1, -0.05) is 18.7 Å². The first kappa shape index (κ1) is 12.9. The Kier molecular flexibility index (Phi) is 2.67. The number of carbonyl (C=O) groups is 1. The zero-order chi connectivity index (χ0) is 13.9. The van der Waals surface area contributed by atoms with E-state index in [0.717, 1.165) is 5.57 Å². The Hall–Kier alpha value is -1.13. The molecule has 3 fully saturated rings. The van der Waals surface area contributed by atoms with E-state index in [2.05, 4.69) is 13.2 Å². The van der Waals surface area contributed by atoms with Gasteiger partial charge in [-0.15, -0.1) is 0 Å². The van der Waals surface area contributed by atoms with Gasteiger partial charge in [0.1, 0.15) is 6.10 Å². The van der Waals surface area contributed by atoms with Crippen LogP contribution in [0.5, 0.6) is 0 Å². The average Bonchev–Trinajstić information content (AvgIpc) is 2.61. The second-order valence-electron chi connectivity index (χ2n) is 6.43. The van der Waals surface area contributed by atoms with Gasteiger partial charge < -0.3 is 14.9 Å². The second kappa shape index (κ2) is 3.93. The molecule has 0 aromatic rings.